The summed E-state index contributed by atoms with van der Waals surface area (Å²) in [7, 11) is 0. The minimum absolute atomic E-state index is 0.0312. The van der Waals surface area contributed by atoms with Gasteiger partial charge in [0, 0.05) is 0 Å². The molecule has 25 heavy (non-hydrogen) atoms. The predicted octanol–water partition coefficient (Wildman–Crippen LogP) is 3.38. The van der Waals surface area contributed by atoms with Gasteiger partial charge in [-0.05, 0) is 34.3 Å². The Bertz CT molecular complexity index is 1090. The fourth-order valence-corrected chi connectivity index (χ4v) is 3.06. The van der Waals surface area contributed by atoms with Crippen LogP contribution in [0.2, 0.25) is 0 Å². The second-order valence-electron chi connectivity index (χ2n) is 5.06. The van der Waals surface area contributed by atoms with E-state index in [9.17, 15) is 8.78 Å². The number of hydrogen-bond acceptors (Lipinski definition) is 6. The van der Waals surface area contributed by atoms with Crippen molar-refractivity contribution in [3.8, 4) is 0 Å². The summed E-state index contributed by atoms with van der Waals surface area (Å²) < 4.78 is 29.3. The van der Waals surface area contributed by atoms with E-state index in [1.54, 1.807) is 10.7 Å². The van der Waals surface area contributed by atoms with Crippen molar-refractivity contribution in [2.45, 2.75) is 11.7 Å². The average Bonchev–Trinajstić information content (AvgIpc) is 3.20. The van der Waals surface area contributed by atoms with Gasteiger partial charge in [-0.15, -0.1) is 0 Å². The summed E-state index contributed by atoms with van der Waals surface area (Å²) in [5.74, 6) is -0.984. The number of halogens is 3. The van der Waals surface area contributed by atoms with Crippen LogP contribution >= 0.6 is 27.7 Å². The molecule has 0 aliphatic carbocycles. The Morgan fingerprint density at radius 3 is 2.92 bits per heavy atom. The lowest BCUT2D eigenvalue weighted by Gasteiger charge is -2.07. The maximum atomic E-state index is 13.8. The fourth-order valence-electron chi connectivity index (χ4n) is 2.35. The summed E-state index contributed by atoms with van der Waals surface area (Å²) in [5.41, 5.74) is 1.02. The van der Waals surface area contributed by atoms with Crippen LogP contribution in [0.4, 0.5) is 14.7 Å². The second-order valence-corrected chi connectivity index (χ2v) is 6.68. The standard InChI is InChI=1S/C14H10BrF2N7S/c1-25-14-22-12-6(15)4-19-24(12)13(23-14)18-5-9-20-8-3-2-7(16)10(17)11(8)21-9/h2-4H,5H2,1H3,(H,20,21)(H,18,22,23). The lowest BCUT2D eigenvalue weighted by molar-refractivity contribution is 0.515. The van der Waals surface area contributed by atoms with E-state index in [2.05, 4.69) is 46.3 Å². The predicted molar refractivity (Wildman–Crippen MR) is 93.6 cm³/mol. The van der Waals surface area contributed by atoms with Crippen molar-refractivity contribution in [1.82, 2.24) is 29.5 Å². The molecule has 4 rings (SSSR count). The van der Waals surface area contributed by atoms with Gasteiger partial charge in [0.05, 0.1) is 22.7 Å². The molecule has 3 heterocycles. The van der Waals surface area contributed by atoms with E-state index < -0.39 is 11.6 Å². The molecule has 0 fully saturated rings. The smallest absolute Gasteiger partial charge is 0.228 e. The van der Waals surface area contributed by atoms with Crippen LogP contribution in [0.5, 0.6) is 0 Å². The van der Waals surface area contributed by atoms with Gasteiger partial charge in [0.1, 0.15) is 11.3 Å². The molecule has 128 valence electrons. The van der Waals surface area contributed by atoms with Crippen molar-refractivity contribution < 1.29 is 8.78 Å². The minimum Gasteiger partial charge on any atom is -0.347 e. The van der Waals surface area contributed by atoms with Gasteiger partial charge in [-0.25, -0.2) is 18.7 Å². The van der Waals surface area contributed by atoms with Gasteiger partial charge in [-0.3, -0.25) is 0 Å². The quantitative estimate of drug-likeness (QED) is 0.487. The zero-order chi connectivity index (χ0) is 17.6. The number of H-pyrrole nitrogens is 1. The van der Waals surface area contributed by atoms with Crippen LogP contribution in [-0.2, 0) is 6.54 Å². The first-order valence-electron chi connectivity index (χ1n) is 7.08. The van der Waals surface area contributed by atoms with Crippen molar-refractivity contribution in [1.29, 1.82) is 0 Å². The Hall–Kier alpha value is -2.27. The summed E-state index contributed by atoms with van der Waals surface area (Å²) in [6.07, 6.45) is 3.50. The number of aromatic nitrogens is 6. The Morgan fingerprint density at radius 2 is 2.12 bits per heavy atom. The number of fused-ring (bicyclic) bond motifs is 2. The molecule has 0 spiro atoms. The fraction of sp³-hybridized carbons (Fsp3) is 0.143. The topological polar surface area (TPSA) is 83.8 Å². The van der Waals surface area contributed by atoms with Gasteiger partial charge < -0.3 is 10.3 Å². The van der Waals surface area contributed by atoms with E-state index >= 15 is 0 Å². The van der Waals surface area contributed by atoms with Gasteiger partial charge in [0.2, 0.25) is 5.95 Å². The molecule has 0 saturated heterocycles. The van der Waals surface area contributed by atoms with Gasteiger partial charge in [0.15, 0.2) is 22.4 Å². The molecule has 1 aromatic carbocycles. The van der Waals surface area contributed by atoms with E-state index in [4.69, 9.17) is 0 Å². The van der Waals surface area contributed by atoms with Gasteiger partial charge in [0.25, 0.3) is 0 Å². The highest BCUT2D eigenvalue weighted by atomic mass is 79.9. The van der Waals surface area contributed by atoms with E-state index in [1.165, 1.54) is 17.8 Å². The number of hydrogen-bond donors (Lipinski definition) is 2. The molecule has 2 N–H and O–H groups in total. The van der Waals surface area contributed by atoms with Crippen molar-refractivity contribution in [3.63, 3.8) is 0 Å². The molecule has 3 aromatic heterocycles. The van der Waals surface area contributed by atoms with Crippen molar-refractivity contribution in [2.75, 3.05) is 11.6 Å². The Morgan fingerprint density at radius 1 is 1.28 bits per heavy atom. The molecule has 0 aliphatic rings. The molecule has 0 amide bonds. The monoisotopic (exact) mass is 425 g/mol. The number of imidazole rings is 1. The van der Waals surface area contributed by atoms with Crippen molar-refractivity contribution in [2.24, 2.45) is 0 Å². The normalized spacial score (nSPS) is 11.5. The summed E-state index contributed by atoms with van der Waals surface area (Å²) in [4.78, 5) is 15.8. The number of aromatic amines is 1. The second kappa shape index (κ2) is 6.23. The SMILES string of the molecule is CSc1nc(NCc2nc3c(F)c(F)ccc3[nH]2)n2ncc(Br)c2n1. The molecule has 0 unspecified atom stereocenters. The summed E-state index contributed by atoms with van der Waals surface area (Å²) >= 11 is 4.79. The molecule has 0 aliphatic heterocycles. The summed E-state index contributed by atoms with van der Waals surface area (Å²) in [5, 5.41) is 7.88. The highest BCUT2D eigenvalue weighted by molar-refractivity contribution is 9.10. The third-order valence-corrected chi connectivity index (χ3v) is 4.60. The van der Waals surface area contributed by atoms with Crippen LogP contribution in [-0.4, -0.2) is 35.8 Å². The average molecular weight is 426 g/mol. The molecule has 0 radical (unpaired) electrons. The molecular weight excluding hydrogens is 416 g/mol. The van der Waals surface area contributed by atoms with Crippen LogP contribution in [0.3, 0.4) is 0 Å². The van der Waals surface area contributed by atoms with Crippen LogP contribution in [0.1, 0.15) is 5.82 Å². The molecule has 0 atom stereocenters. The van der Waals surface area contributed by atoms with Gasteiger partial charge in [-0.1, -0.05) is 11.8 Å². The Labute approximate surface area is 152 Å². The van der Waals surface area contributed by atoms with Crippen LogP contribution in [0, 0.1) is 11.6 Å². The highest BCUT2D eigenvalue weighted by Crippen LogP contribution is 2.22. The summed E-state index contributed by atoms with van der Waals surface area (Å²) in [6, 6.07) is 2.51. The van der Waals surface area contributed by atoms with Crippen LogP contribution in [0.25, 0.3) is 16.7 Å². The van der Waals surface area contributed by atoms with E-state index in [0.717, 1.165) is 10.5 Å². The highest BCUT2D eigenvalue weighted by Gasteiger charge is 2.14. The third kappa shape index (κ3) is 2.82. The van der Waals surface area contributed by atoms with E-state index in [1.807, 2.05) is 6.26 Å². The number of nitrogens with zero attached hydrogens (tertiary/aromatic N) is 5. The molecule has 11 heteroatoms. The first kappa shape index (κ1) is 16.2. The van der Waals surface area contributed by atoms with Crippen molar-refractivity contribution >= 4 is 50.3 Å². The summed E-state index contributed by atoms with van der Waals surface area (Å²) in [6.45, 7) is 0.229. The lowest BCUT2D eigenvalue weighted by Crippen LogP contribution is -2.10. The van der Waals surface area contributed by atoms with Crippen molar-refractivity contribution in [3.05, 3.63) is 40.3 Å². The van der Waals surface area contributed by atoms with Crippen LogP contribution in [0.15, 0.2) is 28.0 Å². The molecular formula is C14H10BrF2N7S. The van der Waals surface area contributed by atoms with Gasteiger partial charge in [-0.2, -0.15) is 14.6 Å². The molecule has 0 bridgehead atoms. The number of anilines is 1. The molecule has 7 nitrogen and oxygen atoms in total. The first-order chi connectivity index (χ1) is 12.1. The van der Waals surface area contributed by atoms with Crippen LogP contribution < -0.4 is 5.32 Å². The Balaban J connectivity index is 1.67. The van der Waals surface area contributed by atoms with E-state index in [-0.39, 0.29) is 12.1 Å². The number of rotatable bonds is 4. The number of benzene rings is 1. The Kier molecular flexibility index (Phi) is 4.04. The first-order valence-corrected chi connectivity index (χ1v) is 9.10. The minimum atomic E-state index is -0.967. The number of nitrogens with one attached hydrogen (secondary N) is 2. The van der Waals surface area contributed by atoms with E-state index in [0.29, 0.717) is 28.1 Å². The third-order valence-electron chi connectivity index (χ3n) is 3.50. The van der Waals surface area contributed by atoms with Gasteiger partial charge >= 0.3 is 0 Å². The zero-order valence-corrected chi connectivity index (χ0v) is 15.1. The largest absolute Gasteiger partial charge is 0.347 e. The molecule has 0 saturated carbocycles. The lowest BCUT2D eigenvalue weighted by atomic mass is 10.3. The molecule has 4 aromatic rings. The zero-order valence-electron chi connectivity index (χ0n) is 12.7. The maximum absolute atomic E-state index is 13.8. The number of thioether (sulfide) groups is 1. The maximum Gasteiger partial charge on any atom is 0.228 e.